The summed E-state index contributed by atoms with van der Waals surface area (Å²) in [5.74, 6) is -0.113. The van der Waals surface area contributed by atoms with Crippen LogP contribution in [0, 0.1) is 0 Å². The molecule has 0 aliphatic carbocycles. The van der Waals surface area contributed by atoms with Crippen molar-refractivity contribution in [3.63, 3.8) is 0 Å². The lowest BCUT2D eigenvalue weighted by molar-refractivity contribution is -0.121. The van der Waals surface area contributed by atoms with E-state index in [2.05, 4.69) is 15.6 Å². The highest BCUT2D eigenvalue weighted by molar-refractivity contribution is 5.76. The highest BCUT2D eigenvalue weighted by Crippen LogP contribution is 2.21. The molecular weight excluding hydrogens is 256 g/mol. The van der Waals surface area contributed by atoms with Gasteiger partial charge in [-0.3, -0.25) is 4.79 Å². The number of carbonyl (C=O) groups is 1. The second-order valence-corrected chi connectivity index (χ2v) is 4.42. The van der Waals surface area contributed by atoms with Crippen LogP contribution in [0.15, 0.2) is 30.3 Å². The number of amides is 1. The van der Waals surface area contributed by atoms with Crippen molar-refractivity contribution in [1.29, 1.82) is 0 Å². The molecule has 0 fully saturated rings. The van der Waals surface area contributed by atoms with E-state index in [1.165, 1.54) is 4.68 Å². The van der Waals surface area contributed by atoms with Gasteiger partial charge in [0.25, 0.3) is 0 Å². The van der Waals surface area contributed by atoms with E-state index in [4.69, 9.17) is 0 Å². The van der Waals surface area contributed by atoms with Gasteiger partial charge in [0.15, 0.2) is 0 Å². The van der Waals surface area contributed by atoms with E-state index in [-0.39, 0.29) is 19.1 Å². The van der Waals surface area contributed by atoms with Gasteiger partial charge in [0.1, 0.15) is 12.2 Å². The molecule has 1 aromatic heterocycles. The summed E-state index contributed by atoms with van der Waals surface area (Å²) in [4.78, 5) is 11.8. The van der Waals surface area contributed by atoms with Crippen LogP contribution in [0.4, 0.5) is 0 Å². The van der Waals surface area contributed by atoms with Gasteiger partial charge in [-0.05, 0) is 6.42 Å². The van der Waals surface area contributed by atoms with Crippen molar-refractivity contribution in [2.75, 3.05) is 6.54 Å². The lowest BCUT2D eigenvalue weighted by atomic mass is 10.1. The molecule has 0 unspecified atom stereocenters. The van der Waals surface area contributed by atoms with Crippen LogP contribution >= 0.6 is 0 Å². The molecule has 0 aliphatic heterocycles. The number of nitrogens with zero attached hydrogens (tertiary/aromatic N) is 3. The van der Waals surface area contributed by atoms with Crippen molar-refractivity contribution >= 4 is 5.91 Å². The zero-order valence-electron chi connectivity index (χ0n) is 11.4. The molecule has 0 bridgehead atoms. The Labute approximate surface area is 117 Å². The van der Waals surface area contributed by atoms with Gasteiger partial charge < -0.3 is 10.4 Å². The number of rotatable bonds is 6. The smallest absolute Gasteiger partial charge is 0.241 e. The van der Waals surface area contributed by atoms with E-state index < -0.39 is 0 Å². The number of aliphatic hydroxyl groups excluding tert-OH is 1. The highest BCUT2D eigenvalue weighted by atomic mass is 16.3. The molecule has 1 heterocycles. The Bertz CT molecular complexity index is 566. The summed E-state index contributed by atoms with van der Waals surface area (Å²) in [7, 11) is 0. The molecule has 2 N–H and O–H groups in total. The Kier molecular flexibility index (Phi) is 4.84. The second kappa shape index (κ2) is 6.81. The van der Waals surface area contributed by atoms with Gasteiger partial charge in [-0.15, -0.1) is 5.10 Å². The van der Waals surface area contributed by atoms with Gasteiger partial charge in [0.2, 0.25) is 5.91 Å². The molecule has 6 nitrogen and oxygen atoms in total. The lowest BCUT2D eigenvalue weighted by Gasteiger charge is -2.08. The third-order valence-electron chi connectivity index (χ3n) is 2.87. The van der Waals surface area contributed by atoms with E-state index in [0.29, 0.717) is 17.9 Å². The summed E-state index contributed by atoms with van der Waals surface area (Å²) in [5.41, 5.74) is 2.03. The van der Waals surface area contributed by atoms with E-state index >= 15 is 0 Å². The van der Waals surface area contributed by atoms with E-state index in [1.54, 1.807) is 0 Å². The van der Waals surface area contributed by atoms with Crippen LogP contribution in [0.5, 0.6) is 0 Å². The first-order chi connectivity index (χ1) is 9.76. The average molecular weight is 274 g/mol. The number of nitrogens with one attached hydrogen (secondary N) is 1. The Morgan fingerprint density at radius 3 is 2.75 bits per heavy atom. The summed E-state index contributed by atoms with van der Waals surface area (Å²) in [6.07, 6.45) is 0.885. The molecule has 0 spiro atoms. The molecule has 1 aromatic carbocycles. The minimum Gasteiger partial charge on any atom is -0.390 e. The van der Waals surface area contributed by atoms with Crippen molar-refractivity contribution < 1.29 is 9.90 Å². The first-order valence-electron chi connectivity index (χ1n) is 6.61. The van der Waals surface area contributed by atoms with Gasteiger partial charge in [0.05, 0.1) is 12.3 Å². The summed E-state index contributed by atoms with van der Waals surface area (Å²) >= 11 is 0. The third-order valence-corrected chi connectivity index (χ3v) is 2.87. The van der Waals surface area contributed by atoms with E-state index in [1.807, 2.05) is 37.3 Å². The fourth-order valence-corrected chi connectivity index (χ4v) is 1.93. The Morgan fingerprint density at radius 2 is 2.10 bits per heavy atom. The predicted molar refractivity (Wildman–Crippen MR) is 74.7 cm³/mol. The fourth-order valence-electron chi connectivity index (χ4n) is 1.93. The van der Waals surface area contributed by atoms with Gasteiger partial charge in [-0.25, -0.2) is 4.68 Å². The molecule has 2 aromatic rings. The lowest BCUT2D eigenvalue weighted by Crippen LogP contribution is -2.28. The molecule has 6 heteroatoms. The molecule has 106 valence electrons. The topological polar surface area (TPSA) is 80.0 Å². The number of carbonyl (C=O) groups excluding carboxylic acids is 1. The van der Waals surface area contributed by atoms with Crippen LogP contribution < -0.4 is 5.32 Å². The van der Waals surface area contributed by atoms with Crippen molar-refractivity contribution in [2.45, 2.75) is 26.5 Å². The third kappa shape index (κ3) is 3.21. The zero-order valence-corrected chi connectivity index (χ0v) is 11.4. The van der Waals surface area contributed by atoms with Crippen molar-refractivity contribution in [3.05, 3.63) is 36.0 Å². The first-order valence-corrected chi connectivity index (χ1v) is 6.61. The molecule has 20 heavy (non-hydrogen) atoms. The number of hydrogen-bond acceptors (Lipinski definition) is 4. The van der Waals surface area contributed by atoms with Gasteiger partial charge in [-0.1, -0.05) is 42.5 Å². The van der Waals surface area contributed by atoms with Crippen LogP contribution in [-0.4, -0.2) is 32.6 Å². The van der Waals surface area contributed by atoms with E-state index in [9.17, 15) is 9.90 Å². The quantitative estimate of drug-likeness (QED) is 0.822. The Morgan fingerprint density at radius 1 is 1.35 bits per heavy atom. The largest absolute Gasteiger partial charge is 0.390 e. The van der Waals surface area contributed by atoms with Gasteiger partial charge in [-0.2, -0.15) is 0 Å². The van der Waals surface area contributed by atoms with Crippen LogP contribution in [0.1, 0.15) is 19.0 Å². The maximum atomic E-state index is 11.8. The number of hydrogen-bond donors (Lipinski definition) is 2. The average Bonchev–Trinajstić information content (AvgIpc) is 2.88. The molecule has 0 atom stereocenters. The summed E-state index contributed by atoms with van der Waals surface area (Å²) in [5, 5.41) is 20.0. The van der Waals surface area contributed by atoms with Crippen LogP contribution in [-0.2, 0) is 17.9 Å². The van der Waals surface area contributed by atoms with Gasteiger partial charge >= 0.3 is 0 Å². The molecular formula is C14H18N4O2. The summed E-state index contributed by atoms with van der Waals surface area (Å²) in [6, 6.07) is 9.50. The monoisotopic (exact) mass is 274 g/mol. The Balaban J connectivity index is 2.26. The second-order valence-electron chi connectivity index (χ2n) is 4.42. The molecule has 2 rings (SSSR count). The molecule has 0 radical (unpaired) electrons. The minimum atomic E-state index is -0.208. The van der Waals surface area contributed by atoms with Crippen LogP contribution in [0.3, 0.4) is 0 Å². The SMILES string of the molecule is CCCNC(=O)Cn1nnc(CO)c1-c1ccccc1. The standard InChI is InChI=1S/C14H18N4O2/c1-2-8-15-13(20)9-18-14(12(10-19)16-17-18)11-6-4-3-5-7-11/h3-7,19H,2,8-10H2,1H3,(H,15,20). The Hall–Kier alpha value is -2.21. The molecule has 0 aliphatic rings. The first kappa shape index (κ1) is 14.2. The zero-order chi connectivity index (χ0) is 14.4. The maximum absolute atomic E-state index is 11.8. The van der Waals surface area contributed by atoms with Crippen molar-refractivity contribution in [3.8, 4) is 11.3 Å². The normalized spacial score (nSPS) is 10.5. The molecule has 0 saturated heterocycles. The molecule has 0 saturated carbocycles. The highest BCUT2D eigenvalue weighted by Gasteiger charge is 2.15. The van der Waals surface area contributed by atoms with Gasteiger partial charge in [0, 0.05) is 12.1 Å². The predicted octanol–water partition coefficient (Wildman–Crippen LogP) is 0.964. The summed E-state index contributed by atoms with van der Waals surface area (Å²) in [6.45, 7) is 2.52. The summed E-state index contributed by atoms with van der Waals surface area (Å²) < 4.78 is 1.52. The van der Waals surface area contributed by atoms with Crippen LogP contribution in [0.25, 0.3) is 11.3 Å². The number of aliphatic hydroxyl groups is 1. The number of benzene rings is 1. The fraction of sp³-hybridized carbons (Fsp3) is 0.357. The molecule has 1 amide bonds. The van der Waals surface area contributed by atoms with Crippen molar-refractivity contribution in [1.82, 2.24) is 20.3 Å². The maximum Gasteiger partial charge on any atom is 0.241 e. The van der Waals surface area contributed by atoms with Crippen molar-refractivity contribution in [2.24, 2.45) is 0 Å². The van der Waals surface area contributed by atoms with E-state index in [0.717, 1.165) is 12.0 Å². The number of aromatic nitrogens is 3. The minimum absolute atomic E-state index is 0.0945. The van der Waals surface area contributed by atoms with Crippen LogP contribution in [0.2, 0.25) is 0 Å².